The number of hydrogen-bond acceptors (Lipinski definition) is 0. The fourth-order valence-corrected chi connectivity index (χ4v) is 1.46. The molecule has 0 N–H and O–H groups in total. The molecule has 0 atom stereocenters. The van der Waals surface area contributed by atoms with E-state index >= 15 is 0 Å². The first-order valence-electron chi connectivity index (χ1n) is 6.38. The molecule has 0 bridgehead atoms. The predicted octanol–water partition coefficient (Wildman–Crippen LogP) is 5.45. The van der Waals surface area contributed by atoms with E-state index in [4.69, 9.17) is 0 Å². The highest BCUT2D eigenvalue weighted by Crippen LogP contribution is 2.15. The zero-order valence-corrected chi connectivity index (χ0v) is 11.2. The lowest BCUT2D eigenvalue weighted by atomic mass is 10.1. The van der Waals surface area contributed by atoms with Gasteiger partial charge < -0.3 is 0 Å². The molecular formula is C16H24. The highest BCUT2D eigenvalue weighted by atomic mass is 14.0. The average Bonchev–Trinajstić information content (AvgIpc) is 2.42. The van der Waals surface area contributed by atoms with E-state index in [2.05, 4.69) is 49.4 Å². The Kier molecular flexibility index (Phi) is 8.24. The van der Waals surface area contributed by atoms with Crippen molar-refractivity contribution >= 4 is 10.8 Å². The van der Waals surface area contributed by atoms with E-state index in [1.165, 1.54) is 16.3 Å². The molecule has 0 radical (unpaired) electrons. The number of benzene rings is 2. The second-order valence-electron chi connectivity index (χ2n) is 3.04. The zero-order chi connectivity index (χ0) is 12.4. The smallest absolute Gasteiger partial charge is 0.0181 e. The van der Waals surface area contributed by atoms with Gasteiger partial charge in [-0.1, -0.05) is 77.1 Å². The van der Waals surface area contributed by atoms with Gasteiger partial charge in [0, 0.05) is 0 Å². The minimum absolute atomic E-state index is 1.12. The Labute approximate surface area is 100 Å². The van der Waals surface area contributed by atoms with Gasteiger partial charge in [0.25, 0.3) is 0 Å². The Balaban J connectivity index is 0.000000509. The standard InChI is InChI=1S/C12H12.2C2H6/c1-2-10-7-8-11-5-3-4-6-12(11)9-10;2*1-2/h3-9H,2H2,1H3;2*1-2H3. The van der Waals surface area contributed by atoms with Crippen molar-refractivity contribution in [1.82, 2.24) is 0 Å². The van der Waals surface area contributed by atoms with E-state index in [-0.39, 0.29) is 0 Å². The van der Waals surface area contributed by atoms with Gasteiger partial charge >= 0.3 is 0 Å². The largest absolute Gasteiger partial charge is 0.0683 e. The van der Waals surface area contributed by atoms with Gasteiger partial charge in [0.15, 0.2) is 0 Å². The SMILES string of the molecule is CC.CC.CCc1ccc2ccccc2c1. The molecule has 0 nitrogen and oxygen atoms in total. The number of rotatable bonds is 1. The van der Waals surface area contributed by atoms with Gasteiger partial charge in [-0.15, -0.1) is 0 Å². The average molecular weight is 216 g/mol. The van der Waals surface area contributed by atoms with Gasteiger partial charge in [-0.3, -0.25) is 0 Å². The van der Waals surface area contributed by atoms with Crippen LogP contribution >= 0.6 is 0 Å². The zero-order valence-electron chi connectivity index (χ0n) is 11.2. The molecule has 0 heteroatoms. The number of aryl methyl sites for hydroxylation is 1. The summed E-state index contributed by atoms with van der Waals surface area (Å²) in [6.07, 6.45) is 1.12. The first-order chi connectivity index (χ1) is 7.90. The van der Waals surface area contributed by atoms with Crippen LogP contribution in [0.5, 0.6) is 0 Å². The molecule has 0 fully saturated rings. The molecule has 2 aromatic rings. The molecule has 0 saturated carbocycles. The summed E-state index contributed by atoms with van der Waals surface area (Å²) < 4.78 is 0. The molecule has 0 unspecified atom stereocenters. The molecule has 2 rings (SSSR count). The van der Waals surface area contributed by atoms with Crippen LogP contribution in [0.2, 0.25) is 0 Å². The molecule has 0 saturated heterocycles. The van der Waals surface area contributed by atoms with E-state index in [1.807, 2.05) is 27.7 Å². The van der Waals surface area contributed by atoms with Crippen molar-refractivity contribution < 1.29 is 0 Å². The summed E-state index contributed by atoms with van der Waals surface area (Å²) in [7, 11) is 0. The third kappa shape index (κ3) is 4.06. The minimum Gasteiger partial charge on any atom is -0.0683 e. The van der Waals surface area contributed by atoms with Crippen LogP contribution in [-0.4, -0.2) is 0 Å². The van der Waals surface area contributed by atoms with Crippen molar-refractivity contribution in [2.45, 2.75) is 41.0 Å². The van der Waals surface area contributed by atoms with Gasteiger partial charge in [-0.05, 0) is 22.8 Å². The Morgan fingerprint density at radius 2 is 1.31 bits per heavy atom. The van der Waals surface area contributed by atoms with Crippen LogP contribution in [0.25, 0.3) is 10.8 Å². The van der Waals surface area contributed by atoms with Crippen LogP contribution in [-0.2, 0) is 6.42 Å². The van der Waals surface area contributed by atoms with Crippen LogP contribution in [0, 0.1) is 0 Å². The summed E-state index contributed by atoms with van der Waals surface area (Å²) in [5.41, 5.74) is 1.41. The molecule has 2 aromatic carbocycles. The van der Waals surface area contributed by atoms with Crippen LogP contribution in [0.15, 0.2) is 42.5 Å². The number of fused-ring (bicyclic) bond motifs is 1. The normalized spacial score (nSPS) is 8.56. The van der Waals surface area contributed by atoms with Crippen molar-refractivity contribution in [3.05, 3.63) is 48.0 Å². The Morgan fingerprint density at radius 3 is 1.88 bits per heavy atom. The molecule has 0 aliphatic carbocycles. The maximum atomic E-state index is 2.26. The Hall–Kier alpha value is -1.30. The van der Waals surface area contributed by atoms with Crippen molar-refractivity contribution in [2.24, 2.45) is 0 Å². The minimum atomic E-state index is 1.12. The van der Waals surface area contributed by atoms with Crippen molar-refractivity contribution in [3.63, 3.8) is 0 Å². The summed E-state index contributed by atoms with van der Waals surface area (Å²) in [4.78, 5) is 0. The third-order valence-electron chi connectivity index (χ3n) is 2.22. The summed E-state index contributed by atoms with van der Waals surface area (Å²) in [6.45, 7) is 10.2. The molecule has 0 spiro atoms. The molecule has 0 aromatic heterocycles. The second kappa shape index (κ2) is 8.96. The first-order valence-corrected chi connectivity index (χ1v) is 6.38. The summed E-state index contributed by atoms with van der Waals surface area (Å²) in [5, 5.41) is 2.67. The van der Waals surface area contributed by atoms with Gasteiger partial charge in [-0.2, -0.15) is 0 Å². The summed E-state index contributed by atoms with van der Waals surface area (Å²) in [5.74, 6) is 0. The lowest BCUT2D eigenvalue weighted by molar-refractivity contribution is 1.15. The maximum absolute atomic E-state index is 2.26. The van der Waals surface area contributed by atoms with E-state index in [9.17, 15) is 0 Å². The molecule has 0 amide bonds. The lowest BCUT2D eigenvalue weighted by Gasteiger charge is -1.99. The van der Waals surface area contributed by atoms with Crippen LogP contribution in [0.4, 0.5) is 0 Å². The van der Waals surface area contributed by atoms with E-state index in [1.54, 1.807) is 0 Å². The Bertz CT molecular complexity index is 388. The number of hydrogen-bond donors (Lipinski definition) is 0. The highest BCUT2D eigenvalue weighted by Gasteiger charge is 1.92. The highest BCUT2D eigenvalue weighted by molar-refractivity contribution is 5.82. The summed E-state index contributed by atoms with van der Waals surface area (Å²) in [6, 6.07) is 15.1. The first kappa shape index (κ1) is 14.7. The maximum Gasteiger partial charge on any atom is -0.0181 e. The molecule has 0 heterocycles. The molecule has 0 aliphatic heterocycles. The van der Waals surface area contributed by atoms with E-state index in [0.29, 0.717) is 0 Å². The molecular weight excluding hydrogens is 192 g/mol. The quantitative estimate of drug-likeness (QED) is 0.594. The summed E-state index contributed by atoms with van der Waals surface area (Å²) >= 11 is 0. The predicted molar refractivity (Wildman–Crippen MR) is 76.0 cm³/mol. The van der Waals surface area contributed by atoms with Crippen LogP contribution < -0.4 is 0 Å². The van der Waals surface area contributed by atoms with Gasteiger partial charge in [0.05, 0.1) is 0 Å². The van der Waals surface area contributed by atoms with Crippen LogP contribution in [0.1, 0.15) is 40.2 Å². The van der Waals surface area contributed by atoms with E-state index in [0.717, 1.165) is 6.42 Å². The molecule has 0 aliphatic rings. The molecule has 88 valence electrons. The fourth-order valence-electron chi connectivity index (χ4n) is 1.46. The van der Waals surface area contributed by atoms with E-state index < -0.39 is 0 Å². The second-order valence-corrected chi connectivity index (χ2v) is 3.04. The molecule has 16 heavy (non-hydrogen) atoms. The Morgan fingerprint density at radius 1 is 0.750 bits per heavy atom. The topological polar surface area (TPSA) is 0 Å². The van der Waals surface area contributed by atoms with Gasteiger partial charge in [-0.25, -0.2) is 0 Å². The van der Waals surface area contributed by atoms with Gasteiger partial charge in [0.2, 0.25) is 0 Å². The third-order valence-corrected chi connectivity index (χ3v) is 2.22. The lowest BCUT2D eigenvalue weighted by Crippen LogP contribution is -1.79. The fraction of sp³-hybridized carbons (Fsp3) is 0.375. The van der Waals surface area contributed by atoms with Crippen molar-refractivity contribution in [3.8, 4) is 0 Å². The van der Waals surface area contributed by atoms with Crippen molar-refractivity contribution in [2.75, 3.05) is 0 Å². The monoisotopic (exact) mass is 216 g/mol. The van der Waals surface area contributed by atoms with Crippen LogP contribution in [0.3, 0.4) is 0 Å². The van der Waals surface area contributed by atoms with Gasteiger partial charge in [0.1, 0.15) is 0 Å². The van der Waals surface area contributed by atoms with Crippen molar-refractivity contribution in [1.29, 1.82) is 0 Å².